The highest BCUT2D eigenvalue weighted by atomic mass is 127. The van der Waals surface area contributed by atoms with Gasteiger partial charge in [0.15, 0.2) is 0 Å². The van der Waals surface area contributed by atoms with E-state index >= 15 is 0 Å². The van der Waals surface area contributed by atoms with Gasteiger partial charge in [-0.05, 0) is 81.2 Å². The van der Waals surface area contributed by atoms with Gasteiger partial charge in [-0.15, -0.1) is 0 Å². The maximum Gasteiger partial charge on any atom is 0.352 e. The molecule has 3 nitrogen and oxygen atoms in total. The van der Waals surface area contributed by atoms with Gasteiger partial charge in [-0.1, -0.05) is 6.07 Å². The van der Waals surface area contributed by atoms with Gasteiger partial charge < -0.3 is 9.67 Å². The normalized spacial score (nSPS) is 14.6. The first kappa shape index (κ1) is 13.2. The Bertz CT molecular complexity index is 661. The molecule has 1 heterocycles. The number of hydrogen-bond acceptors (Lipinski definition) is 1. The number of rotatable bonds is 3. The van der Waals surface area contributed by atoms with Crippen molar-refractivity contribution in [3.63, 3.8) is 0 Å². The molecule has 0 aliphatic heterocycles. The monoisotopic (exact) mass is 431 g/mol. The number of nitrogens with zero attached hydrogens (tertiary/aromatic N) is 1. The Hall–Kier alpha value is -0.820. The average Bonchev–Trinajstić information content (AvgIpc) is 3.11. The van der Waals surface area contributed by atoms with E-state index in [0.717, 1.165) is 32.1 Å². The van der Waals surface area contributed by atoms with Crippen LogP contribution in [-0.2, 0) is 0 Å². The fourth-order valence-electron chi connectivity index (χ4n) is 2.24. The second-order valence-corrected chi connectivity index (χ2v) is 6.66. The van der Waals surface area contributed by atoms with Crippen molar-refractivity contribution in [2.45, 2.75) is 18.9 Å². The van der Waals surface area contributed by atoms with E-state index in [1.165, 1.54) is 0 Å². The Morgan fingerprint density at radius 3 is 2.63 bits per heavy atom. The van der Waals surface area contributed by atoms with Crippen LogP contribution in [0.5, 0.6) is 0 Å². The van der Waals surface area contributed by atoms with E-state index < -0.39 is 5.97 Å². The topological polar surface area (TPSA) is 42.2 Å². The summed E-state index contributed by atoms with van der Waals surface area (Å²) in [7, 11) is 0. The predicted octanol–water partition coefficient (Wildman–Crippen LogP) is 4.56. The van der Waals surface area contributed by atoms with E-state index in [1.807, 2.05) is 28.8 Å². The first-order chi connectivity index (χ1) is 9.08. The molecule has 19 heavy (non-hydrogen) atoms. The summed E-state index contributed by atoms with van der Waals surface area (Å²) < 4.78 is 4.13. The molecule has 0 spiro atoms. The van der Waals surface area contributed by atoms with Crippen LogP contribution in [0.2, 0.25) is 0 Å². The molecule has 1 aromatic heterocycles. The van der Waals surface area contributed by atoms with Gasteiger partial charge in [0.05, 0.1) is 0 Å². The molecule has 1 saturated carbocycles. The molecule has 1 aliphatic carbocycles. The number of carboxylic acids is 1. The zero-order valence-corrected chi connectivity index (χ0v) is 13.7. The minimum atomic E-state index is -0.859. The molecule has 1 fully saturated rings. The zero-order valence-electron chi connectivity index (χ0n) is 9.94. The van der Waals surface area contributed by atoms with Crippen molar-refractivity contribution >= 4 is 44.5 Å². The number of benzene rings is 1. The molecule has 5 heteroatoms. The zero-order chi connectivity index (χ0) is 13.6. The molecule has 98 valence electrons. The summed E-state index contributed by atoms with van der Waals surface area (Å²) in [4.78, 5) is 11.3. The Labute approximate surface area is 132 Å². The van der Waals surface area contributed by atoms with Gasteiger partial charge >= 0.3 is 5.97 Å². The Morgan fingerprint density at radius 1 is 1.32 bits per heavy atom. The van der Waals surface area contributed by atoms with Gasteiger partial charge in [0.1, 0.15) is 5.69 Å². The lowest BCUT2D eigenvalue weighted by Crippen LogP contribution is -2.08. The smallest absolute Gasteiger partial charge is 0.352 e. The number of halogens is 2. The van der Waals surface area contributed by atoms with Crippen LogP contribution in [0.25, 0.3) is 11.3 Å². The maximum absolute atomic E-state index is 11.3. The molecule has 0 atom stereocenters. The lowest BCUT2D eigenvalue weighted by Gasteiger charge is -2.11. The van der Waals surface area contributed by atoms with E-state index in [0.29, 0.717) is 11.7 Å². The van der Waals surface area contributed by atoms with Crippen molar-refractivity contribution in [3.05, 3.63) is 44.1 Å². The van der Waals surface area contributed by atoms with Gasteiger partial charge in [0, 0.05) is 19.8 Å². The molecule has 0 bridgehead atoms. The van der Waals surface area contributed by atoms with Crippen molar-refractivity contribution < 1.29 is 9.90 Å². The number of carboxylic acid groups (broad SMARTS) is 1. The van der Waals surface area contributed by atoms with E-state index in [1.54, 1.807) is 6.07 Å². The quantitative estimate of drug-likeness (QED) is 0.724. The molecule has 1 N–H and O–H groups in total. The largest absolute Gasteiger partial charge is 0.477 e. The lowest BCUT2D eigenvalue weighted by atomic mass is 10.1. The fourth-order valence-corrected chi connectivity index (χ4v) is 2.95. The number of carbonyl (C=O) groups is 1. The standard InChI is InChI=1S/C14H11BrINO2/c15-10-7-8(1-4-11(10)16)12-5-6-13(14(18)19)17(12)9-2-3-9/h1,4-7,9H,2-3H2,(H,18,19). The SMILES string of the molecule is O=C(O)c1ccc(-c2ccc(I)c(Br)c2)n1C1CC1. The highest BCUT2D eigenvalue weighted by molar-refractivity contribution is 14.1. The minimum absolute atomic E-state index is 0.342. The van der Waals surface area contributed by atoms with Crippen LogP contribution in [0.4, 0.5) is 0 Å². The summed E-state index contributed by atoms with van der Waals surface area (Å²) in [6, 6.07) is 10.0. The lowest BCUT2D eigenvalue weighted by molar-refractivity contribution is 0.0685. The molecule has 0 unspecified atom stereocenters. The summed E-state index contributed by atoms with van der Waals surface area (Å²) in [5.41, 5.74) is 2.41. The first-order valence-electron chi connectivity index (χ1n) is 5.98. The molecule has 0 saturated heterocycles. The van der Waals surface area contributed by atoms with Crippen molar-refractivity contribution in [1.82, 2.24) is 4.57 Å². The van der Waals surface area contributed by atoms with Crippen LogP contribution in [0.3, 0.4) is 0 Å². The Balaban J connectivity index is 2.14. The highest BCUT2D eigenvalue weighted by Crippen LogP contribution is 2.41. The fraction of sp³-hybridized carbons (Fsp3) is 0.214. The Morgan fingerprint density at radius 2 is 2.05 bits per heavy atom. The maximum atomic E-state index is 11.3. The molecule has 3 rings (SSSR count). The molecule has 1 aromatic carbocycles. The third-order valence-electron chi connectivity index (χ3n) is 3.26. The summed E-state index contributed by atoms with van der Waals surface area (Å²) in [6.45, 7) is 0. The first-order valence-corrected chi connectivity index (χ1v) is 7.85. The second-order valence-electron chi connectivity index (χ2n) is 4.64. The molecule has 2 aromatic rings. The predicted molar refractivity (Wildman–Crippen MR) is 85.5 cm³/mol. The average molecular weight is 432 g/mol. The minimum Gasteiger partial charge on any atom is -0.477 e. The summed E-state index contributed by atoms with van der Waals surface area (Å²) in [5, 5.41) is 9.27. The van der Waals surface area contributed by atoms with Crippen LogP contribution < -0.4 is 0 Å². The van der Waals surface area contributed by atoms with E-state index in [-0.39, 0.29) is 0 Å². The number of aromatic nitrogens is 1. The van der Waals surface area contributed by atoms with Crippen molar-refractivity contribution in [2.75, 3.05) is 0 Å². The molecule has 1 aliphatic rings. The number of aromatic carboxylic acids is 1. The van der Waals surface area contributed by atoms with E-state index in [2.05, 4.69) is 38.5 Å². The molecular formula is C14H11BrINO2. The van der Waals surface area contributed by atoms with Gasteiger partial charge in [-0.25, -0.2) is 4.79 Å². The van der Waals surface area contributed by atoms with Gasteiger partial charge in [0.25, 0.3) is 0 Å². The van der Waals surface area contributed by atoms with Gasteiger partial charge in [0.2, 0.25) is 0 Å². The molecular weight excluding hydrogens is 421 g/mol. The van der Waals surface area contributed by atoms with Crippen molar-refractivity contribution in [3.8, 4) is 11.3 Å². The summed E-state index contributed by atoms with van der Waals surface area (Å²) >= 11 is 5.79. The van der Waals surface area contributed by atoms with Gasteiger partial charge in [-0.2, -0.15) is 0 Å². The van der Waals surface area contributed by atoms with Crippen molar-refractivity contribution in [1.29, 1.82) is 0 Å². The third kappa shape index (κ3) is 2.45. The number of hydrogen-bond donors (Lipinski definition) is 1. The van der Waals surface area contributed by atoms with Gasteiger partial charge in [-0.3, -0.25) is 0 Å². The van der Waals surface area contributed by atoms with Crippen LogP contribution in [0, 0.1) is 3.57 Å². The van der Waals surface area contributed by atoms with Crippen LogP contribution in [0.15, 0.2) is 34.8 Å². The molecule has 0 radical (unpaired) electrons. The van der Waals surface area contributed by atoms with E-state index in [9.17, 15) is 9.90 Å². The third-order valence-corrected chi connectivity index (χ3v) is 5.60. The van der Waals surface area contributed by atoms with Crippen molar-refractivity contribution in [2.24, 2.45) is 0 Å². The molecule has 0 amide bonds. The second kappa shape index (κ2) is 4.94. The highest BCUT2D eigenvalue weighted by Gasteiger charge is 2.29. The van der Waals surface area contributed by atoms with E-state index in [4.69, 9.17) is 0 Å². The summed E-state index contributed by atoms with van der Waals surface area (Å²) in [6.07, 6.45) is 2.13. The van der Waals surface area contributed by atoms with Crippen LogP contribution in [0.1, 0.15) is 29.4 Å². The van der Waals surface area contributed by atoms with Crippen LogP contribution >= 0.6 is 38.5 Å². The Kier molecular flexibility index (Phi) is 3.42. The summed E-state index contributed by atoms with van der Waals surface area (Å²) in [5.74, 6) is -0.859. The van der Waals surface area contributed by atoms with Crippen LogP contribution in [-0.4, -0.2) is 15.6 Å².